The van der Waals surface area contributed by atoms with E-state index in [4.69, 9.17) is 9.47 Å². The Bertz CT molecular complexity index is 1240. The molecule has 0 saturated heterocycles. The highest BCUT2D eigenvalue weighted by Crippen LogP contribution is 2.31. The van der Waals surface area contributed by atoms with Crippen molar-refractivity contribution in [2.45, 2.75) is 24.8 Å². The fourth-order valence-electron chi connectivity index (χ4n) is 3.52. The molecule has 3 rings (SSSR count). The van der Waals surface area contributed by atoms with Crippen LogP contribution in [0.25, 0.3) is 10.1 Å². The highest BCUT2D eigenvalue weighted by molar-refractivity contribution is 7.89. The smallest absolute Gasteiger partial charge is 0.251 e. The number of fused-ring (bicyclic) bond motifs is 1. The van der Waals surface area contributed by atoms with E-state index in [0.29, 0.717) is 17.1 Å². The Morgan fingerprint density at radius 1 is 1.06 bits per heavy atom. The zero-order valence-electron chi connectivity index (χ0n) is 19.6. The summed E-state index contributed by atoms with van der Waals surface area (Å²) in [5, 5.41) is 16.2. The second-order valence-electron chi connectivity index (χ2n) is 8.27. The Labute approximate surface area is 204 Å². The van der Waals surface area contributed by atoms with Gasteiger partial charge >= 0.3 is 0 Å². The molecule has 10 heteroatoms. The molecule has 0 unspecified atom stereocenters. The number of nitrogens with zero attached hydrogens (tertiary/aromatic N) is 1. The van der Waals surface area contributed by atoms with E-state index < -0.39 is 16.1 Å². The Hall–Kier alpha value is -2.66. The maximum atomic E-state index is 13.4. The zero-order valence-corrected chi connectivity index (χ0v) is 21.3. The molecule has 0 aliphatic carbocycles. The van der Waals surface area contributed by atoms with Crippen molar-refractivity contribution in [3.8, 4) is 11.5 Å². The van der Waals surface area contributed by atoms with Crippen LogP contribution in [0.15, 0.2) is 52.7 Å². The lowest BCUT2D eigenvalue weighted by molar-refractivity contribution is 0.0899. The largest absolute Gasteiger partial charge is 0.493 e. The Morgan fingerprint density at radius 2 is 1.79 bits per heavy atom. The summed E-state index contributed by atoms with van der Waals surface area (Å²) in [6.07, 6.45) is -1.09. The third kappa shape index (κ3) is 6.06. The first-order valence-corrected chi connectivity index (χ1v) is 13.1. The molecule has 0 aliphatic heterocycles. The number of nitrogens with one attached hydrogen (secondary N) is 1. The SMILES string of the molecule is COc1ccc(S(=O)(=O)N(CC(C)C)C[C@@H](O)CNC(=O)c2ccc3sccc3c2)cc1OC. The molecule has 184 valence electrons. The molecular weight excluding hydrogens is 476 g/mol. The highest BCUT2D eigenvalue weighted by atomic mass is 32.2. The van der Waals surface area contributed by atoms with Gasteiger partial charge < -0.3 is 19.9 Å². The van der Waals surface area contributed by atoms with Gasteiger partial charge in [-0.3, -0.25) is 4.79 Å². The van der Waals surface area contributed by atoms with Gasteiger partial charge in [0.15, 0.2) is 11.5 Å². The van der Waals surface area contributed by atoms with Crippen LogP contribution in [-0.4, -0.2) is 63.7 Å². The molecule has 1 aromatic heterocycles. The van der Waals surface area contributed by atoms with Crippen LogP contribution in [0, 0.1) is 5.92 Å². The lowest BCUT2D eigenvalue weighted by atomic mass is 10.1. The van der Waals surface area contributed by atoms with Crippen LogP contribution in [0.3, 0.4) is 0 Å². The van der Waals surface area contributed by atoms with Crippen molar-refractivity contribution in [1.82, 2.24) is 9.62 Å². The van der Waals surface area contributed by atoms with Crippen LogP contribution in [0.5, 0.6) is 11.5 Å². The van der Waals surface area contributed by atoms with Crippen LogP contribution >= 0.6 is 11.3 Å². The number of amides is 1. The Balaban J connectivity index is 1.71. The lowest BCUT2D eigenvalue weighted by Gasteiger charge is -2.26. The predicted molar refractivity (Wildman–Crippen MR) is 133 cm³/mol. The number of aliphatic hydroxyl groups excluding tert-OH is 1. The summed E-state index contributed by atoms with van der Waals surface area (Å²) in [5.41, 5.74) is 0.482. The highest BCUT2D eigenvalue weighted by Gasteiger charge is 2.28. The molecule has 0 bridgehead atoms. The fourth-order valence-corrected chi connectivity index (χ4v) is 5.95. The van der Waals surface area contributed by atoms with Gasteiger partial charge in [-0.1, -0.05) is 13.8 Å². The molecule has 0 fully saturated rings. The second-order valence-corrected chi connectivity index (χ2v) is 11.2. The first kappa shape index (κ1) is 26.0. The van der Waals surface area contributed by atoms with E-state index in [1.807, 2.05) is 31.4 Å². The van der Waals surface area contributed by atoms with E-state index in [-0.39, 0.29) is 36.4 Å². The number of sulfonamides is 1. The molecule has 2 aromatic carbocycles. The maximum Gasteiger partial charge on any atom is 0.251 e. The minimum absolute atomic E-state index is 0.0223. The first-order chi connectivity index (χ1) is 16.1. The monoisotopic (exact) mass is 506 g/mol. The maximum absolute atomic E-state index is 13.4. The quantitative estimate of drug-likeness (QED) is 0.413. The van der Waals surface area contributed by atoms with E-state index >= 15 is 0 Å². The molecule has 0 spiro atoms. The molecule has 0 radical (unpaired) electrons. The van der Waals surface area contributed by atoms with Crippen molar-refractivity contribution in [3.05, 3.63) is 53.4 Å². The summed E-state index contributed by atoms with van der Waals surface area (Å²) < 4.78 is 39.5. The fraction of sp³-hybridized carbons (Fsp3) is 0.375. The standard InChI is InChI=1S/C24H30N2O6S2/c1-16(2)14-26(34(29,30)20-6-7-21(31-3)22(12-20)32-4)15-19(27)13-25-24(28)18-5-8-23-17(11-18)9-10-33-23/h5-12,16,19,27H,13-15H2,1-4H3,(H,25,28)/t19-/m0/s1. The van der Waals surface area contributed by atoms with Crippen molar-refractivity contribution >= 4 is 37.4 Å². The lowest BCUT2D eigenvalue weighted by Crippen LogP contribution is -2.44. The summed E-state index contributed by atoms with van der Waals surface area (Å²) in [6, 6.07) is 11.7. The first-order valence-electron chi connectivity index (χ1n) is 10.8. The number of benzene rings is 2. The number of hydrogen-bond acceptors (Lipinski definition) is 7. The molecular formula is C24H30N2O6S2. The van der Waals surface area contributed by atoms with Gasteiger partial charge in [-0.25, -0.2) is 8.42 Å². The van der Waals surface area contributed by atoms with E-state index in [1.165, 1.54) is 36.7 Å². The van der Waals surface area contributed by atoms with Crippen LogP contribution in [0.4, 0.5) is 0 Å². The topological polar surface area (TPSA) is 105 Å². The summed E-state index contributed by atoms with van der Waals surface area (Å²) in [5.74, 6) is 0.406. The van der Waals surface area contributed by atoms with Crippen LogP contribution in [-0.2, 0) is 10.0 Å². The number of rotatable bonds is 11. The molecule has 0 aliphatic rings. The van der Waals surface area contributed by atoms with E-state index in [0.717, 1.165) is 10.1 Å². The predicted octanol–water partition coefficient (Wildman–Crippen LogP) is 3.36. The van der Waals surface area contributed by atoms with Crippen LogP contribution < -0.4 is 14.8 Å². The third-order valence-corrected chi connectivity index (χ3v) is 7.91. The van der Waals surface area contributed by atoms with Crippen molar-refractivity contribution in [2.24, 2.45) is 5.92 Å². The Kier molecular flexibility index (Phi) is 8.53. The molecule has 3 aromatic rings. The van der Waals surface area contributed by atoms with Gasteiger partial charge in [0.2, 0.25) is 10.0 Å². The van der Waals surface area contributed by atoms with E-state index in [9.17, 15) is 18.3 Å². The van der Waals surface area contributed by atoms with E-state index in [2.05, 4.69) is 5.32 Å². The second kappa shape index (κ2) is 11.2. The molecule has 34 heavy (non-hydrogen) atoms. The number of carbonyl (C=O) groups excluding carboxylic acids is 1. The minimum Gasteiger partial charge on any atom is -0.493 e. The third-order valence-electron chi connectivity index (χ3n) is 5.19. The number of hydrogen-bond donors (Lipinski definition) is 2. The number of ether oxygens (including phenoxy) is 2. The normalized spacial score (nSPS) is 12.8. The van der Waals surface area contributed by atoms with Crippen LogP contribution in [0.1, 0.15) is 24.2 Å². The summed E-state index contributed by atoms with van der Waals surface area (Å²) in [6.45, 7) is 3.74. The van der Waals surface area contributed by atoms with Gasteiger partial charge in [0.1, 0.15) is 0 Å². The summed E-state index contributed by atoms with van der Waals surface area (Å²) in [7, 11) is -1.03. The van der Waals surface area contributed by atoms with E-state index in [1.54, 1.807) is 23.5 Å². The minimum atomic E-state index is -3.93. The average molecular weight is 507 g/mol. The van der Waals surface area contributed by atoms with Gasteiger partial charge in [0.05, 0.1) is 25.2 Å². The number of methoxy groups -OCH3 is 2. The molecule has 1 heterocycles. The molecule has 1 amide bonds. The van der Waals surface area contributed by atoms with Gasteiger partial charge in [0, 0.05) is 36.0 Å². The number of carbonyl (C=O) groups is 1. The molecule has 0 saturated carbocycles. The van der Waals surface area contributed by atoms with Crippen molar-refractivity contribution in [2.75, 3.05) is 33.9 Å². The molecule has 1 atom stereocenters. The average Bonchev–Trinajstić information content (AvgIpc) is 3.29. The molecule has 8 nitrogen and oxygen atoms in total. The van der Waals surface area contributed by atoms with Gasteiger partial charge in [0.25, 0.3) is 5.91 Å². The number of aliphatic hydroxyl groups is 1. The van der Waals surface area contributed by atoms with Crippen molar-refractivity contribution in [1.29, 1.82) is 0 Å². The van der Waals surface area contributed by atoms with Crippen LogP contribution in [0.2, 0.25) is 0 Å². The Morgan fingerprint density at radius 3 is 2.47 bits per heavy atom. The number of thiophene rings is 1. The van der Waals surface area contributed by atoms with Gasteiger partial charge in [-0.15, -0.1) is 11.3 Å². The zero-order chi connectivity index (χ0) is 24.9. The van der Waals surface area contributed by atoms with Gasteiger partial charge in [-0.05, 0) is 53.1 Å². The van der Waals surface area contributed by atoms with Gasteiger partial charge in [-0.2, -0.15) is 4.31 Å². The summed E-state index contributed by atoms with van der Waals surface area (Å²) >= 11 is 1.59. The van der Waals surface area contributed by atoms with Crippen molar-refractivity contribution < 1.29 is 27.8 Å². The molecule has 2 N–H and O–H groups in total. The van der Waals surface area contributed by atoms with Crippen molar-refractivity contribution in [3.63, 3.8) is 0 Å². The summed E-state index contributed by atoms with van der Waals surface area (Å²) in [4.78, 5) is 12.6.